The van der Waals surface area contributed by atoms with Crippen LogP contribution in [0.15, 0.2) is 33.5 Å². The summed E-state index contributed by atoms with van der Waals surface area (Å²) in [5, 5.41) is 13.6. The summed E-state index contributed by atoms with van der Waals surface area (Å²) in [4.78, 5) is 17.8. The molecular weight excluding hydrogens is 403 g/mol. The van der Waals surface area contributed by atoms with Crippen LogP contribution in [-0.4, -0.2) is 14.9 Å². The number of rotatable bonds is 3. The summed E-state index contributed by atoms with van der Waals surface area (Å²) < 4.78 is 1.46. The van der Waals surface area contributed by atoms with Crippen LogP contribution in [-0.2, 0) is 0 Å². The lowest BCUT2D eigenvalue weighted by molar-refractivity contribution is -0.384. The van der Waals surface area contributed by atoms with Gasteiger partial charge in [0, 0.05) is 8.95 Å². The van der Waals surface area contributed by atoms with E-state index >= 15 is 0 Å². The highest BCUT2D eigenvalue weighted by molar-refractivity contribution is 9.11. The molecule has 1 heterocycles. The maximum Gasteiger partial charge on any atom is 0.348 e. The molecule has 0 fully saturated rings. The van der Waals surface area contributed by atoms with Crippen LogP contribution in [0.25, 0.3) is 0 Å². The van der Waals surface area contributed by atoms with E-state index in [1.54, 1.807) is 12.1 Å². The first kappa shape index (κ1) is 14.2. The normalized spacial score (nSPS) is 10.3. The molecule has 2 aromatic rings. The third kappa shape index (κ3) is 3.02. The number of nitrogens with zero attached hydrogens (tertiary/aromatic N) is 3. The van der Waals surface area contributed by atoms with Gasteiger partial charge in [0.25, 0.3) is 0 Å². The van der Waals surface area contributed by atoms with E-state index in [9.17, 15) is 10.1 Å². The van der Waals surface area contributed by atoms with Crippen molar-refractivity contribution in [3.63, 3.8) is 0 Å². The molecule has 1 aromatic heterocycles. The highest BCUT2D eigenvalue weighted by Gasteiger charge is 2.22. The summed E-state index contributed by atoms with van der Waals surface area (Å²) in [6.45, 7) is 0. The number of aromatic nitrogens is 2. The first-order valence-electron chi connectivity index (χ1n) is 4.86. The molecule has 0 bridgehead atoms. The Kier molecular flexibility index (Phi) is 4.33. The van der Waals surface area contributed by atoms with Crippen LogP contribution in [0.4, 0.5) is 17.2 Å². The van der Waals surface area contributed by atoms with E-state index in [-0.39, 0.29) is 16.7 Å². The molecule has 0 radical (unpaired) electrons. The fourth-order valence-electron chi connectivity index (χ4n) is 1.35. The standard InChI is InChI=1S/C10H5Br2ClN4O2/c11-5-2-1-3-6(12)7(5)16-10-8(17(18)19)9(13)14-4-15-10/h1-4H,(H,14,15,16). The van der Waals surface area contributed by atoms with Gasteiger partial charge in [0.15, 0.2) is 0 Å². The van der Waals surface area contributed by atoms with Gasteiger partial charge in [-0.1, -0.05) is 17.7 Å². The Balaban J connectivity index is 2.50. The van der Waals surface area contributed by atoms with Crippen molar-refractivity contribution in [3.05, 3.63) is 48.7 Å². The second kappa shape index (κ2) is 5.81. The number of hydrogen-bond acceptors (Lipinski definition) is 5. The molecule has 0 amide bonds. The molecule has 9 heteroatoms. The Bertz CT molecular complexity index is 633. The fraction of sp³-hybridized carbons (Fsp3) is 0. The Hall–Kier alpha value is -1.25. The van der Waals surface area contributed by atoms with Gasteiger partial charge in [-0.05, 0) is 44.0 Å². The Morgan fingerprint density at radius 2 is 1.89 bits per heavy atom. The van der Waals surface area contributed by atoms with Crippen molar-refractivity contribution in [1.29, 1.82) is 0 Å². The number of para-hydroxylation sites is 1. The number of nitro groups is 1. The predicted octanol–water partition coefficient (Wildman–Crippen LogP) is 4.31. The van der Waals surface area contributed by atoms with E-state index in [1.807, 2.05) is 6.07 Å². The molecule has 0 aliphatic carbocycles. The zero-order valence-electron chi connectivity index (χ0n) is 9.10. The van der Waals surface area contributed by atoms with Crippen LogP contribution in [0, 0.1) is 10.1 Å². The number of benzene rings is 1. The SMILES string of the molecule is O=[N+]([O-])c1c(Cl)ncnc1Nc1c(Br)cccc1Br. The topological polar surface area (TPSA) is 81.0 Å². The number of anilines is 2. The van der Waals surface area contributed by atoms with Gasteiger partial charge in [0.1, 0.15) is 6.33 Å². The van der Waals surface area contributed by atoms with Gasteiger partial charge in [0.05, 0.1) is 10.6 Å². The lowest BCUT2D eigenvalue weighted by Gasteiger charge is -2.10. The van der Waals surface area contributed by atoms with Crippen LogP contribution < -0.4 is 5.32 Å². The largest absolute Gasteiger partial charge is 0.348 e. The molecular formula is C10H5Br2ClN4O2. The van der Waals surface area contributed by atoms with Gasteiger partial charge in [-0.15, -0.1) is 0 Å². The van der Waals surface area contributed by atoms with Crippen molar-refractivity contribution < 1.29 is 4.92 Å². The van der Waals surface area contributed by atoms with Gasteiger partial charge < -0.3 is 5.32 Å². The molecule has 0 saturated carbocycles. The predicted molar refractivity (Wildman–Crippen MR) is 78.8 cm³/mol. The van der Waals surface area contributed by atoms with E-state index in [2.05, 4.69) is 47.1 Å². The first-order chi connectivity index (χ1) is 9.00. The minimum absolute atomic E-state index is 0.0256. The molecule has 1 N–H and O–H groups in total. The van der Waals surface area contributed by atoms with Crippen LogP contribution in [0.1, 0.15) is 0 Å². The maximum atomic E-state index is 11.0. The third-order valence-electron chi connectivity index (χ3n) is 2.17. The summed E-state index contributed by atoms with van der Waals surface area (Å²) in [7, 11) is 0. The molecule has 1 aromatic carbocycles. The van der Waals surface area contributed by atoms with Crippen molar-refractivity contribution in [2.75, 3.05) is 5.32 Å². The van der Waals surface area contributed by atoms with Gasteiger partial charge in [-0.2, -0.15) is 0 Å². The highest BCUT2D eigenvalue weighted by Crippen LogP contribution is 2.36. The molecule has 0 unspecified atom stereocenters. The maximum absolute atomic E-state index is 11.0. The van der Waals surface area contributed by atoms with E-state index in [0.717, 1.165) is 15.3 Å². The van der Waals surface area contributed by atoms with E-state index < -0.39 is 4.92 Å². The fourth-order valence-corrected chi connectivity index (χ4v) is 2.75. The zero-order valence-corrected chi connectivity index (χ0v) is 13.0. The molecule has 19 heavy (non-hydrogen) atoms. The van der Waals surface area contributed by atoms with Gasteiger partial charge in [-0.3, -0.25) is 10.1 Å². The van der Waals surface area contributed by atoms with Crippen LogP contribution in [0.3, 0.4) is 0 Å². The lowest BCUT2D eigenvalue weighted by atomic mass is 10.3. The average molecular weight is 408 g/mol. The lowest BCUT2D eigenvalue weighted by Crippen LogP contribution is -2.02. The van der Waals surface area contributed by atoms with Crippen LogP contribution in [0.2, 0.25) is 5.15 Å². The zero-order chi connectivity index (χ0) is 14.0. The summed E-state index contributed by atoms with van der Waals surface area (Å²) in [5.41, 5.74) is 0.243. The van der Waals surface area contributed by atoms with Crippen molar-refractivity contribution >= 4 is 60.7 Å². The highest BCUT2D eigenvalue weighted by atomic mass is 79.9. The van der Waals surface area contributed by atoms with Crippen molar-refractivity contribution in [1.82, 2.24) is 9.97 Å². The second-order valence-electron chi connectivity index (χ2n) is 3.34. The summed E-state index contributed by atoms with van der Waals surface area (Å²) >= 11 is 12.4. The Morgan fingerprint density at radius 3 is 2.47 bits per heavy atom. The van der Waals surface area contributed by atoms with Crippen LogP contribution >= 0.6 is 43.5 Å². The monoisotopic (exact) mass is 406 g/mol. The molecule has 0 atom stereocenters. The van der Waals surface area contributed by atoms with E-state index in [4.69, 9.17) is 11.6 Å². The van der Waals surface area contributed by atoms with Gasteiger partial charge in [0.2, 0.25) is 11.0 Å². The van der Waals surface area contributed by atoms with E-state index in [1.165, 1.54) is 0 Å². The minimum Gasteiger partial charge on any atom is -0.332 e. The number of halogens is 3. The number of nitrogens with one attached hydrogen (secondary N) is 1. The smallest absolute Gasteiger partial charge is 0.332 e. The summed E-state index contributed by atoms with van der Waals surface area (Å²) in [6, 6.07) is 5.41. The third-order valence-corrected chi connectivity index (χ3v) is 3.76. The molecule has 0 spiro atoms. The quantitative estimate of drug-likeness (QED) is 0.465. The van der Waals surface area contributed by atoms with Gasteiger partial charge in [-0.25, -0.2) is 9.97 Å². The van der Waals surface area contributed by atoms with Crippen LogP contribution in [0.5, 0.6) is 0 Å². The summed E-state index contributed by atoms with van der Waals surface area (Å²) in [6.07, 6.45) is 1.16. The molecule has 2 rings (SSSR count). The molecule has 98 valence electrons. The Morgan fingerprint density at radius 1 is 1.26 bits per heavy atom. The number of hydrogen-bond donors (Lipinski definition) is 1. The average Bonchev–Trinajstić information content (AvgIpc) is 2.33. The summed E-state index contributed by atoms with van der Waals surface area (Å²) in [5.74, 6) is 0.0256. The van der Waals surface area contributed by atoms with Crippen molar-refractivity contribution in [3.8, 4) is 0 Å². The molecule has 6 nitrogen and oxygen atoms in total. The molecule has 0 aliphatic rings. The van der Waals surface area contributed by atoms with Crippen molar-refractivity contribution in [2.24, 2.45) is 0 Å². The second-order valence-corrected chi connectivity index (χ2v) is 5.41. The molecule has 0 aliphatic heterocycles. The Labute approximate surface area is 129 Å². The minimum atomic E-state index is -0.630. The van der Waals surface area contributed by atoms with Crippen molar-refractivity contribution in [2.45, 2.75) is 0 Å². The molecule has 0 saturated heterocycles. The van der Waals surface area contributed by atoms with E-state index in [0.29, 0.717) is 5.69 Å². The van der Waals surface area contributed by atoms with Gasteiger partial charge >= 0.3 is 5.69 Å². The first-order valence-corrected chi connectivity index (χ1v) is 6.83.